The van der Waals surface area contributed by atoms with E-state index in [2.05, 4.69) is 41.5 Å². The number of carbonyl (C=O) groups excluding carboxylic acids is 4. The van der Waals surface area contributed by atoms with Crippen molar-refractivity contribution in [1.82, 2.24) is 0 Å². The largest absolute Gasteiger partial charge is 0.472 e. The molecule has 17 nitrogen and oxygen atoms in total. The molecule has 0 spiro atoms. The van der Waals surface area contributed by atoms with Crippen molar-refractivity contribution in [3.8, 4) is 0 Å². The fraction of sp³-hybridized carbons (Fsp3) is 0.947. The molecule has 95 heavy (non-hydrogen) atoms. The Morgan fingerprint density at radius 2 is 0.484 bits per heavy atom. The summed E-state index contributed by atoms with van der Waals surface area (Å²) < 4.78 is 68.5. The minimum absolute atomic E-state index is 0.106. The van der Waals surface area contributed by atoms with Crippen LogP contribution in [0.1, 0.15) is 395 Å². The van der Waals surface area contributed by atoms with Gasteiger partial charge in [0, 0.05) is 25.7 Å². The van der Waals surface area contributed by atoms with Crippen molar-refractivity contribution in [3.05, 3.63) is 0 Å². The van der Waals surface area contributed by atoms with Crippen LogP contribution in [-0.4, -0.2) is 96.7 Å². The average molecular weight is 1400 g/mol. The molecule has 0 heterocycles. The van der Waals surface area contributed by atoms with Gasteiger partial charge in [0.2, 0.25) is 0 Å². The maximum Gasteiger partial charge on any atom is 0.472 e. The Morgan fingerprint density at radius 3 is 0.716 bits per heavy atom. The molecule has 0 saturated heterocycles. The van der Waals surface area contributed by atoms with Gasteiger partial charge in [-0.3, -0.25) is 37.3 Å². The average Bonchev–Trinajstić information content (AvgIpc) is 2.08. The molecule has 0 aliphatic rings. The molecular weight excluding hydrogens is 1250 g/mol. The van der Waals surface area contributed by atoms with Crippen LogP contribution in [0.5, 0.6) is 0 Å². The summed E-state index contributed by atoms with van der Waals surface area (Å²) in [6, 6.07) is 0. The number of phosphoric ester groups is 2. The van der Waals surface area contributed by atoms with E-state index in [0.717, 1.165) is 102 Å². The second kappa shape index (κ2) is 67.9. The van der Waals surface area contributed by atoms with Gasteiger partial charge >= 0.3 is 39.5 Å². The molecular formula is C76H148O17P2. The summed E-state index contributed by atoms with van der Waals surface area (Å²) in [7, 11) is -9.91. The first-order valence-corrected chi connectivity index (χ1v) is 42.5. The number of esters is 4. The molecule has 0 saturated carbocycles. The number of ether oxygens (including phenoxy) is 4. The van der Waals surface area contributed by atoms with Crippen LogP contribution in [0.15, 0.2) is 0 Å². The van der Waals surface area contributed by atoms with Gasteiger partial charge in [0.05, 0.1) is 26.4 Å². The summed E-state index contributed by atoms with van der Waals surface area (Å²) in [6.45, 7) is 9.61. The van der Waals surface area contributed by atoms with Crippen LogP contribution in [0.4, 0.5) is 0 Å². The summed E-state index contributed by atoms with van der Waals surface area (Å²) >= 11 is 0. The van der Waals surface area contributed by atoms with Gasteiger partial charge in [-0.05, 0) is 37.5 Å². The fourth-order valence-corrected chi connectivity index (χ4v) is 13.2. The molecule has 19 heteroatoms. The summed E-state index contributed by atoms with van der Waals surface area (Å²) in [5.74, 6) is -0.559. The van der Waals surface area contributed by atoms with Crippen molar-refractivity contribution in [2.24, 2.45) is 11.8 Å². The Hall–Kier alpha value is -1.94. The number of hydrogen-bond donors (Lipinski definition) is 3. The third kappa shape index (κ3) is 70.3. The Bertz CT molecular complexity index is 1840. The van der Waals surface area contributed by atoms with Crippen molar-refractivity contribution in [2.45, 2.75) is 413 Å². The first-order chi connectivity index (χ1) is 45.9. The molecule has 0 fully saturated rings. The minimum atomic E-state index is -4.96. The first kappa shape index (κ1) is 93.1. The molecule has 0 bridgehead atoms. The van der Waals surface area contributed by atoms with Gasteiger partial charge in [-0.2, -0.15) is 0 Å². The highest BCUT2D eigenvalue weighted by Crippen LogP contribution is 2.45. The van der Waals surface area contributed by atoms with Gasteiger partial charge < -0.3 is 33.8 Å². The van der Waals surface area contributed by atoms with E-state index in [-0.39, 0.29) is 25.7 Å². The van der Waals surface area contributed by atoms with Crippen molar-refractivity contribution in [1.29, 1.82) is 0 Å². The van der Waals surface area contributed by atoms with Gasteiger partial charge in [0.1, 0.15) is 19.3 Å². The summed E-state index contributed by atoms with van der Waals surface area (Å²) in [4.78, 5) is 72.8. The maximum absolute atomic E-state index is 13.1. The van der Waals surface area contributed by atoms with Crippen LogP contribution in [0, 0.1) is 11.8 Å². The third-order valence-corrected chi connectivity index (χ3v) is 19.6. The summed E-state index contributed by atoms with van der Waals surface area (Å²) in [6.07, 6.45) is 55.4. The molecule has 0 radical (unpaired) electrons. The molecule has 564 valence electrons. The van der Waals surface area contributed by atoms with Gasteiger partial charge in [0.15, 0.2) is 12.2 Å². The second-order valence-corrected chi connectivity index (χ2v) is 31.3. The SMILES string of the molecule is CCCCCCCCCCCCCCCCC(=O)OC[C@H](COP(=O)(O)OC[C@@H](O)COP(=O)(O)OC[C@@H](COC(=O)CCCCCCCCCCCC)OC(=O)CCCCCCCCCCCCC(C)C)OC(=O)CCCCCCCCCCCCCCCCCC(C)C. The first-order valence-electron chi connectivity index (χ1n) is 39.5. The number of aliphatic hydroxyl groups is 1. The molecule has 0 aliphatic heterocycles. The maximum atomic E-state index is 13.1. The Balaban J connectivity index is 5.24. The number of rotatable bonds is 75. The normalized spacial score (nSPS) is 14.0. The lowest BCUT2D eigenvalue weighted by Crippen LogP contribution is -2.30. The molecule has 0 aromatic heterocycles. The molecule has 0 rings (SSSR count). The molecule has 2 unspecified atom stereocenters. The zero-order valence-electron chi connectivity index (χ0n) is 62.0. The van der Waals surface area contributed by atoms with Crippen LogP contribution in [0.25, 0.3) is 0 Å². The third-order valence-electron chi connectivity index (χ3n) is 17.7. The zero-order chi connectivity index (χ0) is 70.0. The van der Waals surface area contributed by atoms with E-state index in [0.29, 0.717) is 25.7 Å². The van der Waals surface area contributed by atoms with E-state index >= 15 is 0 Å². The van der Waals surface area contributed by atoms with Crippen LogP contribution in [-0.2, 0) is 65.4 Å². The molecule has 5 atom stereocenters. The number of aliphatic hydroxyl groups excluding tert-OH is 1. The molecule has 0 aliphatic carbocycles. The zero-order valence-corrected chi connectivity index (χ0v) is 63.8. The Morgan fingerprint density at radius 1 is 0.284 bits per heavy atom. The van der Waals surface area contributed by atoms with E-state index in [4.69, 9.17) is 37.0 Å². The molecule has 0 aromatic rings. The lowest BCUT2D eigenvalue weighted by atomic mass is 10.0. The predicted molar refractivity (Wildman–Crippen MR) is 386 cm³/mol. The fourth-order valence-electron chi connectivity index (χ4n) is 11.7. The van der Waals surface area contributed by atoms with Crippen LogP contribution in [0.3, 0.4) is 0 Å². The standard InChI is InChI=1S/C76H148O17P2/c1-7-9-11-13-15-17-19-20-25-28-35-41-47-53-59-74(79)87-65-72(92-75(80)60-54-48-42-36-29-26-23-21-22-24-27-32-38-44-50-56-68(3)4)67-91-95(84,85)89-63-70(77)62-88-94(82,83)90-66-71(64-86-73(78)58-52-46-40-34-18-16-14-12-10-8-2)93-76(81)61-55-49-43-37-31-30-33-39-45-51-57-69(5)6/h68-72,77H,7-67H2,1-6H3,(H,82,83)(H,84,85)/t70-,71+,72+/m0/s1. The van der Waals surface area contributed by atoms with E-state index in [9.17, 15) is 43.2 Å². The summed E-state index contributed by atoms with van der Waals surface area (Å²) in [5.41, 5.74) is 0. The highest BCUT2D eigenvalue weighted by Gasteiger charge is 2.30. The number of unbranched alkanes of at least 4 members (excludes halogenated alkanes) is 45. The van der Waals surface area contributed by atoms with Gasteiger partial charge in [-0.15, -0.1) is 0 Å². The van der Waals surface area contributed by atoms with Crippen molar-refractivity contribution < 1.29 is 80.2 Å². The predicted octanol–water partition coefficient (Wildman–Crippen LogP) is 22.3. The number of carbonyl (C=O) groups is 4. The lowest BCUT2D eigenvalue weighted by molar-refractivity contribution is -0.161. The van der Waals surface area contributed by atoms with Crippen molar-refractivity contribution >= 4 is 39.5 Å². The smallest absolute Gasteiger partial charge is 0.462 e. The van der Waals surface area contributed by atoms with Gasteiger partial charge in [0.25, 0.3) is 0 Å². The van der Waals surface area contributed by atoms with E-state index < -0.39 is 97.5 Å². The number of hydrogen-bond acceptors (Lipinski definition) is 15. The van der Waals surface area contributed by atoms with Gasteiger partial charge in [-0.1, -0.05) is 343 Å². The van der Waals surface area contributed by atoms with Crippen LogP contribution in [0.2, 0.25) is 0 Å². The Labute approximate surface area is 581 Å². The topological polar surface area (TPSA) is 237 Å². The summed E-state index contributed by atoms with van der Waals surface area (Å²) in [5, 5.41) is 10.6. The van der Waals surface area contributed by atoms with Crippen molar-refractivity contribution in [3.63, 3.8) is 0 Å². The van der Waals surface area contributed by atoms with Gasteiger partial charge in [-0.25, -0.2) is 9.13 Å². The molecule has 0 aromatic carbocycles. The van der Waals surface area contributed by atoms with Crippen LogP contribution < -0.4 is 0 Å². The Kier molecular flexibility index (Phi) is 66.5. The highest BCUT2D eigenvalue weighted by atomic mass is 31.2. The second-order valence-electron chi connectivity index (χ2n) is 28.3. The van der Waals surface area contributed by atoms with E-state index in [1.165, 1.54) is 212 Å². The molecule has 0 amide bonds. The van der Waals surface area contributed by atoms with E-state index in [1.807, 2.05) is 0 Å². The number of phosphoric acid groups is 2. The van der Waals surface area contributed by atoms with Crippen molar-refractivity contribution in [2.75, 3.05) is 39.6 Å². The van der Waals surface area contributed by atoms with Crippen LogP contribution >= 0.6 is 15.6 Å². The highest BCUT2D eigenvalue weighted by molar-refractivity contribution is 7.47. The molecule has 3 N–H and O–H groups in total. The van der Waals surface area contributed by atoms with E-state index in [1.54, 1.807) is 0 Å². The monoisotopic (exact) mass is 1400 g/mol. The lowest BCUT2D eigenvalue weighted by Gasteiger charge is -2.21. The minimum Gasteiger partial charge on any atom is -0.462 e. The quantitative estimate of drug-likeness (QED) is 0.0222.